The second kappa shape index (κ2) is 5.77. The molecular formula is C11H16N2O3S. The number of hydrogen-bond acceptors (Lipinski definition) is 4. The first-order valence-corrected chi connectivity index (χ1v) is 6.25. The van der Waals surface area contributed by atoms with E-state index in [0.717, 1.165) is 0 Å². The molecular weight excluding hydrogens is 240 g/mol. The fourth-order valence-corrected chi connectivity index (χ4v) is 2.10. The first-order valence-electron chi connectivity index (χ1n) is 5.42. The van der Waals surface area contributed by atoms with Crippen LogP contribution in [0.1, 0.15) is 36.3 Å². The molecule has 1 aromatic rings. The van der Waals surface area contributed by atoms with E-state index in [1.165, 1.54) is 11.5 Å². The van der Waals surface area contributed by atoms with Crippen molar-refractivity contribution in [2.75, 3.05) is 0 Å². The van der Waals surface area contributed by atoms with E-state index in [1.54, 1.807) is 19.2 Å². The summed E-state index contributed by atoms with van der Waals surface area (Å²) in [7, 11) is 0. The van der Waals surface area contributed by atoms with Gasteiger partial charge < -0.3 is 10.4 Å². The van der Waals surface area contributed by atoms with Gasteiger partial charge in [0.25, 0.3) is 5.91 Å². The quantitative estimate of drug-likeness (QED) is 0.840. The van der Waals surface area contributed by atoms with Crippen molar-refractivity contribution >= 4 is 23.4 Å². The molecule has 0 spiro atoms. The van der Waals surface area contributed by atoms with Crippen LogP contribution in [0.25, 0.3) is 0 Å². The molecule has 1 aromatic heterocycles. The zero-order chi connectivity index (χ0) is 13.0. The van der Waals surface area contributed by atoms with Gasteiger partial charge in [0, 0.05) is 5.38 Å². The molecule has 1 amide bonds. The Labute approximate surface area is 104 Å². The van der Waals surface area contributed by atoms with Crippen LogP contribution in [0.2, 0.25) is 0 Å². The van der Waals surface area contributed by atoms with Gasteiger partial charge in [0.2, 0.25) is 0 Å². The summed E-state index contributed by atoms with van der Waals surface area (Å²) in [6, 6.07) is -0.855. The minimum atomic E-state index is -1.01. The average molecular weight is 256 g/mol. The second-order valence-corrected chi connectivity index (χ2v) is 4.62. The van der Waals surface area contributed by atoms with Crippen molar-refractivity contribution in [2.24, 2.45) is 5.92 Å². The van der Waals surface area contributed by atoms with Crippen LogP contribution in [0.3, 0.4) is 0 Å². The van der Waals surface area contributed by atoms with Crippen molar-refractivity contribution in [2.45, 2.75) is 33.2 Å². The number of aryl methyl sites for hydroxylation is 1. The summed E-state index contributed by atoms with van der Waals surface area (Å²) in [5, 5.41) is 13.2. The summed E-state index contributed by atoms with van der Waals surface area (Å²) in [5.74, 6) is -1.49. The molecule has 6 heteroatoms. The maximum Gasteiger partial charge on any atom is 0.326 e. The zero-order valence-corrected chi connectivity index (χ0v) is 10.9. The van der Waals surface area contributed by atoms with Crippen LogP contribution in [0.15, 0.2) is 5.38 Å². The van der Waals surface area contributed by atoms with E-state index < -0.39 is 12.0 Å². The van der Waals surface area contributed by atoms with Crippen molar-refractivity contribution in [3.8, 4) is 0 Å². The molecule has 0 aromatic carbocycles. The predicted molar refractivity (Wildman–Crippen MR) is 65.2 cm³/mol. The number of carbonyl (C=O) groups is 2. The lowest BCUT2D eigenvalue weighted by Gasteiger charge is -2.19. The Morgan fingerprint density at radius 2 is 2.24 bits per heavy atom. The number of hydrogen-bond donors (Lipinski definition) is 2. The third kappa shape index (κ3) is 3.26. The number of nitrogens with one attached hydrogen (secondary N) is 1. The minimum Gasteiger partial charge on any atom is -0.480 e. The average Bonchev–Trinajstić information content (AvgIpc) is 2.70. The van der Waals surface area contributed by atoms with Crippen LogP contribution in [0.5, 0.6) is 0 Å². The Kier molecular flexibility index (Phi) is 4.62. The molecule has 1 heterocycles. The molecule has 5 nitrogen and oxygen atoms in total. The van der Waals surface area contributed by atoms with Crippen molar-refractivity contribution in [1.82, 2.24) is 9.69 Å². The van der Waals surface area contributed by atoms with Gasteiger partial charge >= 0.3 is 5.97 Å². The van der Waals surface area contributed by atoms with E-state index in [4.69, 9.17) is 5.11 Å². The Morgan fingerprint density at radius 3 is 2.65 bits per heavy atom. The third-order valence-corrected chi connectivity index (χ3v) is 3.48. The molecule has 17 heavy (non-hydrogen) atoms. The van der Waals surface area contributed by atoms with E-state index in [0.29, 0.717) is 17.7 Å². The number of carboxylic acid groups (broad SMARTS) is 1. The van der Waals surface area contributed by atoms with Crippen LogP contribution < -0.4 is 5.32 Å². The summed E-state index contributed by atoms with van der Waals surface area (Å²) in [4.78, 5) is 22.9. The largest absolute Gasteiger partial charge is 0.480 e. The normalized spacial score (nSPS) is 14.1. The monoisotopic (exact) mass is 256 g/mol. The number of rotatable bonds is 5. The lowest BCUT2D eigenvalue weighted by atomic mass is 9.99. The highest BCUT2D eigenvalue weighted by atomic mass is 32.1. The first-order chi connectivity index (χ1) is 7.97. The Morgan fingerprint density at radius 1 is 1.59 bits per heavy atom. The fourth-order valence-electron chi connectivity index (χ4n) is 1.41. The molecule has 0 aliphatic carbocycles. The fraction of sp³-hybridized carbons (Fsp3) is 0.545. The van der Waals surface area contributed by atoms with Crippen molar-refractivity contribution in [3.63, 3.8) is 0 Å². The summed E-state index contributed by atoms with van der Waals surface area (Å²) < 4.78 is 3.99. The number of aliphatic carboxylic acids is 1. The van der Waals surface area contributed by atoms with Crippen LogP contribution in [0, 0.1) is 12.8 Å². The van der Waals surface area contributed by atoms with Gasteiger partial charge in [-0.2, -0.15) is 4.37 Å². The summed E-state index contributed by atoms with van der Waals surface area (Å²) in [6.45, 7) is 5.42. The lowest BCUT2D eigenvalue weighted by molar-refractivity contribution is -0.140. The first kappa shape index (κ1) is 13.6. The number of aromatic nitrogens is 1. The van der Waals surface area contributed by atoms with Crippen molar-refractivity contribution in [3.05, 3.63) is 16.6 Å². The van der Waals surface area contributed by atoms with Crippen molar-refractivity contribution in [1.29, 1.82) is 0 Å². The SMILES string of the molecule is CC[C@H](C)[C@H](NC(=O)c1csnc1C)C(=O)O. The van der Waals surface area contributed by atoms with E-state index in [2.05, 4.69) is 9.69 Å². The Balaban J connectivity index is 2.78. The molecule has 94 valence electrons. The molecule has 0 saturated heterocycles. The molecule has 0 saturated carbocycles. The topological polar surface area (TPSA) is 79.3 Å². The summed E-state index contributed by atoms with van der Waals surface area (Å²) in [6.07, 6.45) is 0.693. The number of nitrogens with zero attached hydrogens (tertiary/aromatic N) is 1. The Hall–Kier alpha value is -1.43. The maximum atomic E-state index is 11.9. The van der Waals surface area contributed by atoms with Gasteiger partial charge in [0.1, 0.15) is 6.04 Å². The number of carboxylic acids is 1. The third-order valence-electron chi connectivity index (χ3n) is 2.76. The number of carbonyl (C=O) groups excluding carboxylic acids is 1. The number of amides is 1. The Bertz CT molecular complexity index is 417. The van der Waals surface area contributed by atoms with Crippen LogP contribution in [0.4, 0.5) is 0 Å². The minimum absolute atomic E-state index is 0.108. The molecule has 0 aliphatic rings. The van der Waals surface area contributed by atoms with Crippen molar-refractivity contribution < 1.29 is 14.7 Å². The highest BCUT2D eigenvalue weighted by Crippen LogP contribution is 2.12. The second-order valence-electron chi connectivity index (χ2n) is 3.99. The summed E-state index contributed by atoms with van der Waals surface area (Å²) >= 11 is 1.19. The van der Waals surface area contributed by atoms with Gasteiger partial charge in [-0.05, 0) is 24.4 Å². The van der Waals surface area contributed by atoms with Crippen LogP contribution in [-0.2, 0) is 4.79 Å². The van der Waals surface area contributed by atoms with E-state index in [-0.39, 0.29) is 11.8 Å². The maximum absolute atomic E-state index is 11.9. The molecule has 0 fully saturated rings. The standard InChI is InChI=1S/C11H16N2O3S/c1-4-6(2)9(11(15)16)12-10(14)8-5-17-13-7(8)3/h5-6,9H,4H2,1-3H3,(H,12,14)(H,15,16)/t6-,9-/m0/s1. The van der Waals surface area contributed by atoms with E-state index >= 15 is 0 Å². The highest BCUT2D eigenvalue weighted by molar-refractivity contribution is 7.03. The van der Waals surface area contributed by atoms with Gasteiger partial charge in [-0.1, -0.05) is 20.3 Å². The molecule has 0 unspecified atom stereocenters. The van der Waals surface area contributed by atoms with Gasteiger partial charge in [0.05, 0.1) is 11.3 Å². The van der Waals surface area contributed by atoms with Gasteiger partial charge in [-0.15, -0.1) is 0 Å². The zero-order valence-electron chi connectivity index (χ0n) is 10.1. The van der Waals surface area contributed by atoms with E-state index in [9.17, 15) is 9.59 Å². The van der Waals surface area contributed by atoms with Crippen LogP contribution in [-0.4, -0.2) is 27.4 Å². The van der Waals surface area contributed by atoms with Gasteiger partial charge in [-0.3, -0.25) is 4.79 Å². The lowest BCUT2D eigenvalue weighted by Crippen LogP contribution is -2.45. The molecule has 2 atom stereocenters. The highest BCUT2D eigenvalue weighted by Gasteiger charge is 2.26. The van der Waals surface area contributed by atoms with Gasteiger partial charge in [-0.25, -0.2) is 4.79 Å². The van der Waals surface area contributed by atoms with Crippen LogP contribution >= 0.6 is 11.5 Å². The molecule has 0 radical (unpaired) electrons. The van der Waals surface area contributed by atoms with E-state index in [1.807, 2.05) is 6.92 Å². The molecule has 0 aliphatic heterocycles. The molecule has 0 bridgehead atoms. The molecule has 2 N–H and O–H groups in total. The molecule has 1 rings (SSSR count). The smallest absolute Gasteiger partial charge is 0.326 e. The predicted octanol–water partition coefficient (Wildman–Crippen LogP) is 1.68. The summed E-state index contributed by atoms with van der Waals surface area (Å²) in [5.41, 5.74) is 1.07. The van der Waals surface area contributed by atoms with Gasteiger partial charge in [0.15, 0.2) is 0 Å².